The van der Waals surface area contributed by atoms with Crippen LogP contribution in [0.1, 0.15) is 22.8 Å². The van der Waals surface area contributed by atoms with Crippen LogP contribution in [0.3, 0.4) is 0 Å². The van der Waals surface area contributed by atoms with E-state index in [4.69, 9.17) is 0 Å². The molecule has 0 unspecified atom stereocenters. The van der Waals surface area contributed by atoms with E-state index in [2.05, 4.69) is 16.4 Å². The maximum atomic E-state index is 12.1. The van der Waals surface area contributed by atoms with Crippen molar-refractivity contribution in [3.8, 4) is 0 Å². The molecule has 1 aliphatic heterocycles. The van der Waals surface area contributed by atoms with Crippen molar-refractivity contribution in [1.82, 2.24) is 0 Å². The molecule has 2 aromatic carbocycles. The number of thioether (sulfide) groups is 1. The number of nitrogens with zero attached hydrogens (tertiary/aromatic N) is 1. The highest BCUT2D eigenvalue weighted by molar-refractivity contribution is 8.14. The van der Waals surface area contributed by atoms with E-state index in [-0.39, 0.29) is 16.7 Å². The van der Waals surface area contributed by atoms with Crippen LogP contribution in [-0.4, -0.2) is 23.2 Å². The zero-order valence-corrected chi connectivity index (χ0v) is 14.5. The van der Waals surface area contributed by atoms with Gasteiger partial charge in [0.1, 0.15) is 0 Å². The number of carbonyl (C=O) groups excluding carboxylic acids is 2. The van der Waals surface area contributed by atoms with Crippen LogP contribution in [0.25, 0.3) is 0 Å². The van der Waals surface area contributed by atoms with Crippen LogP contribution in [0.15, 0.2) is 53.4 Å². The molecule has 0 spiro atoms. The fraction of sp³-hybridized carbons (Fsp3) is 0.222. The summed E-state index contributed by atoms with van der Waals surface area (Å²) in [5.41, 5.74) is 3.07. The molecule has 0 N–H and O–H groups in total. The number of anilines is 1. The number of benzene rings is 2. The lowest BCUT2D eigenvalue weighted by atomic mass is 10.1. The Morgan fingerprint density at radius 3 is 2.65 bits per heavy atom. The summed E-state index contributed by atoms with van der Waals surface area (Å²) < 4.78 is 2.27. The minimum absolute atomic E-state index is 0.0159. The summed E-state index contributed by atoms with van der Waals surface area (Å²) in [6.45, 7) is 2.42. The van der Waals surface area contributed by atoms with Crippen molar-refractivity contribution in [3.63, 3.8) is 0 Å². The lowest BCUT2D eigenvalue weighted by molar-refractivity contribution is -0.109. The summed E-state index contributed by atoms with van der Waals surface area (Å²) in [5.74, 6) is 0.235. The Morgan fingerprint density at radius 1 is 1.13 bits per heavy atom. The zero-order valence-electron chi connectivity index (χ0n) is 12.8. The molecule has 0 amide bonds. The minimum Gasteiger partial charge on any atom is -0.312 e. The molecular weight excluding hydrogens is 326 g/mol. The molecule has 3 nitrogen and oxygen atoms in total. The largest absolute Gasteiger partial charge is 0.312 e. The van der Waals surface area contributed by atoms with Crippen molar-refractivity contribution in [2.45, 2.75) is 18.2 Å². The molecular formula is C18H17NO2S2. The van der Waals surface area contributed by atoms with Gasteiger partial charge in [-0.25, -0.2) is 0 Å². The quantitative estimate of drug-likeness (QED) is 0.600. The second kappa shape index (κ2) is 7.23. The van der Waals surface area contributed by atoms with Crippen LogP contribution < -0.4 is 4.31 Å². The number of fused-ring (bicyclic) bond motifs is 1. The van der Waals surface area contributed by atoms with E-state index < -0.39 is 0 Å². The van der Waals surface area contributed by atoms with Crippen LogP contribution in [0.4, 0.5) is 5.69 Å². The molecule has 0 aliphatic carbocycles. The molecule has 0 atom stereocenters. The van der Waals surface area contributed by atoms with Gasteiger partial charge in [-0.15, -0.1) is 0 Å². The molecule has 0 aromatic heterocycles. The van der Waals surface area contributed by atoms with Crippen LogP contribution in [0.2, 0.25) is 0 Å². The Labute approximate surface area is 144 Å². The molecule has 0 fully saturated rings. The summed E-state index contributed by atoms with van der Waals surface area (Å²) in [7, 11) is 0. The monoisotopic (exact) mass is 343 g/mol. The molecule has 3 rings (SSSR count). The Hall–Kier alpha value is -1.72. The Bertz CT molecular complexity index is 731. The van der Waals surface area contributed by atoms with Crippen LogP contribution in [0.5, 0.6) is 0 Å². The van der Waals surface area contributed by atoms with Crippen LogP contribution in [-0.2, 0) is 11.2 Å². The van der Waals surface area contributed by atoms with Gasteiger partial charge in [-0.2, -0.15) is 0 Å². The SMILES string of the molecule is CC(=O)SCC(=O)c1ccc2c(c1)CCN2Sc1ccccc1. The first-order valence-corrected chi connectivity index (χ1v) is 9.19. The predicted octanol–water partition coefficient (Wildman–Crippen LogP) is 4.22. The van der Waals surface area contributed by atoms with Crippen molar-refractivity contribution in [2.75, 3.05) is 16.6 Å². The normalized spacial score (nSPS) is 13.0. The van der Waals surface area contributed by atoms with Crippen LogP contribution >= 0.6 is 23.7 Å². The first-order chi connectivity index (χ1) is 11.1. The lowest BCUT2D eigenvalue weighted by Crippen LogP contribution is -2.10. The predicted molar refractivity (Wildman–Crippen MR) is 97.3 cm³/mol. The van der Waals surface area contributed by atoms with Crippen molar-refractivity contribution < 1.29 is 9.59 Å². The molecule has 1 heterocycles. The number of ketones is 1. The molecule has 118 valence electrons. The standard InChI is InChI=1S/C18H17NO2S2/c1-13(20)22-12-18(21)15-7-8-17-14(11-15)9-10-19(17)23-16-5-3-2-4-6-16/h2-8,11H,9-10,12H2,1H3. The minimum atomic E-state index is -0.0232. The third-order valence-electron chi connectivity index (χ3n) is 3.62. The highest BCUT2D eigenvalue weighted by atomic mass is 32.2. The third-order valence-corrected chi connectivity index (χ3v) is 5.52. The fourth-order valence-corrected chi connectivity index (χ4v) is 3.99. The summed E-state index contributed by atoms with van der Waals surface area (Å²) >= 11 is 2.79. The summed E-state index contributed by atoms with van der Waals surface area (Å²) in [4.78, 5) is 24.3. The van der Waals surface area contributed by atoms with Crippen molar-refractivity contribution in [1.29, 1.82) is 0 Å². The zero-order chi connectivity index (χ0) is 16.2. The van der Waals surface area contributed by atoms with Gasteiger partial charge in [-0.05, 0) is 54.3 Å². The number of hydrogen-bond acceptors (Lipinski definition) is 5. The molecule has 23 heavy (non-hydrogen) atoms. The number of hydrogen-bond donors (Lipinski definition) is 0. The average molecular weight is 343 g/mol. The molecule has 2 aromatic rings. The van der Waals surface area contributed by atoms with E-state index in [9.17, 15) is 9.59 Å². The maximum absolute atomic E-state index is 12.1. The number of carbonyl (C=O) groups is 2. The van der Waals surface area contributed by atoms with E-state index in [0.29, 0.717) is 5.56 Å². The Morgan fingerprint density at radius 2 is 1.91 bits per heavy atom. The average Bonchev–Trinajstić information content (AvgIpc) is 2.96. The molecule has 0 radical (unpaired) electrons. The van der Waals surface area contributed by atoms with E-state index in [0.717, 1.165) is 24.7 Å². The van der Waals surface area contributed by atoms with Crippen molar-refractivity contribution in [2.24, 2.45) is 0 Å². The van der Waals surface area contributed by atoms with Crippen molar-refractivity contribution in [3.05, 3.63) is 59.7 Å². The second-order valence-electron chi connectivity index (χ2n) is 5.30. The van der Waals surface area contributed by atoms with Gasteiger partial charge in [0.05, 0.1) is 11.4 Å². The van der Waals surface area contributed by atoms with E-state index in [1.165, 1.54) is 23.1 Å². The Kier molecular flexibility index (Phi) is 5.08. The van der Waals surface area contributed by atoms with Gasteiger partial charge < -0.3 is 4.31 Å². The first kappa shape index (κ1) is 16.1. The molecule has 0 bridgehead atoms. The van der Waals surface area contributed by atoms with Crippen LogP contribution in [0, 0.1) is 0 Å². The van der Waals surface area contributed by atoms with Gasteiger partial charge in [-0.3, -0.25) is 9.59 Å². The second-order valence-corrected chi connectivity index (χ2v) is 7.55. The first-order valence-electron chi connectivity index (χ1n) is 7.43. The topological polar surface area (TPSA) is 37.4 Å². The maximum Gasteiger partial charge on any atom is 0.186 e. The summed E-state index contributed by atoms with van der Waals surface area (Å²) in [6, 6.07) is 16.1. The fourth-order valence-electron chi connectivity index (χ4n) is 2.50. The highest BCUT2D eigenvalue weighted by Crippen LogP contribution is 2.36. The Balaban J connectivity index is 1.72. The van der Waals surface area contributed by atoms with Gasteiger partial charge in [0.25, 0.3) is 0 Å². The van der Waals surface area contributed by atoms with Crippen molar-refractivity contribution >= 4 is 40.3 Å². The lowest BCUT2D eigenvalue weighted by Gasteiger charge is -2.17. The van der Waals surface area contributed by atoms with Gasteiger partial charge in [0.15, 0.2) is 10.9 Å². The van der Waals surface area contributed by atoms with Gasteiger partial charge >= 0.3 is 0 Å². The molecule has 5 heteroatoms. The summed E-state index contributed by atoms with van der Waals surface area (Å²) in [5, 5.41) is -0.0232. The summed E-state index contributed by atoms with van der Waals surface area (Å²) in [6.07, 6.45) is 0.941. The molecule has 0 saturated heterocycles. The van der Waals surface area contributed by atoms with E-state index in [1.54, 1.807) is 11.9 Å². The van der Waals surface area contributed by atoms with Gasteiger partial charge in [0, 0.05) is 23.9 Å². The van der Waals surface area contributed by atoms with E-state index >= 15 is 0 Å². The van der Waals surface area contributed by atoms with Gasteiger partial charge in [0.2, 0.25) is 0 Å². The number of Topliss-reactive ketones (excluding diaryl/α,β-unsaturated/α-hetero) is 1. The highest BCUT2D eigenvalue weighted by Gasteiger charge is 2.21. The van der Waals surface area contributed by atoms with Gasteiger partial charge in [-0.1, -0.05) is 30.0 Å². The third kappa shape index (κ3) is 3.98. The smallest absolute Gasteiger partial charge is 0.186 e. The number of rotatable bonds is 5. The van der Waals surface area contributed by atoms with E-state index in [1.807, 2.05) is 36.4 Å². The molecule has 0 saturated carbocycles. The molecule has 1 aliphatic rings.